The lowest BCUT2D eigenvalue weighted by Gasteiger charge is -2.03. The van der Waals surface area contributed by atoms with Crippen LogP contribution in [0.4, 0.5) is 0 Å². The molecule has 0 aliphatic carbocycles. The quantitative estimate of drug-likeness (QED) is 0.593. The molecule has 4 aromatic rings. The van der Waals surface area contributed by atoms with Gasteiger partial charge in [0, 0.05) is 5.39 Å². The molecule has 0 saturated heterocycles. The van der Waals surface area contributed by atoms with Crippen molar-refractivity contribution < 1.29 is 9.21 Å². The van der Waals surface area contributed by atoms with Crippen LogP contribution in [-0.2, 0) is 0 Å². The third-order valence-corrected chi connectivity index (χ3v) is 3.66. The smallest absolute Gasteiger partial charge is 0.259 e. The molecule has 2 aromatic carbocycles. The summed E-state index contributed by atoms with van der Waals surface area (Å²) in [6.45, 7) is 0. The Balaban J connectivity index is 1.99. The fourth-order valence-electron chi connectivity index (χ4n) is 2.61. The minimum Gasteiger partial charge on any atom is -0.453 e. The number of hydrogen-bond donors (Lipinski definition) is 2. The Labute approximate surface area is 129 Å². The zero-order valence-electron chi connectivity index (χ0n) is 11.9. The Hall–Kier alpha value is -3.41. The van der Waals surface area contributed by atoms with Crippen molar-refractivity contribution in [1.82, 2.24) is 9.97 Å². The Morgan fingerprint density at radius 1 is 1.13 bits per heavy atom. The maximum Gasteiger partial charge on any atom is 0.259 e. The summed E-state index contributed by atoms with van der Waals surface area (Å²) in [5.74, 6) is 0.0920. The number of nitrogens with two attached hydrogens (primary N) is 1. The molecule has 0 unspecified atom stereocenters. The van der Waals surface area contributed by atoms with Gasteiger partial charge in [-0.05, 0) is 24.3 Å². The van der Waals surface area contributed by atoms with Crippen LogP contribution >= 0.6 is 0 Å². The predicted molar refractivity (Wildman–Crippen MR) is 86.1 cm³/mol. The second-order valence-corrected chi connectivity index (χ2v) is 5.13. The van der Waals surface area contributed by atoms with Crippen molar-refractivity contribution in [3.63, 3.8) is 0 Å². The number of benzene rings is 2. The van der Waals surface area contributed by atoms with Crippen molar-refractivity contribution in [3.8, 4) is 11.6 Å². The fourth-order valence-corrected chi connectivity index (χ4v) is 2.61. The molecule has 6 nitrogen and oxygen atoms in total. The van der Waals surface area contributed by atoms with E-state index in [1.54, 1.807) is 18.2 Å². The second kappa shape index (κ2) is 4.81. The minimum atomic E-state index is -0.667. The first-order valence-corrected chi connectivity index (χ1v) is 6.95. The molecule has 1 amide bonds. The first-order valence-electron chi connectivity index (χ1n) is 6.95. The number of aromatic nitrogens is 2. The van der Waals surface area contributed by atoms with E-state index in [1.165, 1.54) is 6.07 Å². The Kier molecular flexibility index (Phi) is 2.77. The monoisotopic (exact) mass is 305 g/mol. The maximum atomic E-state index is 12.4. The van der Waals surface area contributed by atoms with Crippen molar-refractivity contribution in [1.29, 1.82) is 0 Å². The highest BCUT2D eigenvalue weighted by atomic mass is 16.3. The van der Waals surface area contributed by atoms with E-state index in [0.717, 1.165) is 5.39 Å². The average molecular weight is 305 g/mol. The molecule has 0 bridgehead atoms. The largest absolute Gasteiger partial charge is 0.453 e. The van der Waals surface area contributed by atoms with Gasteiger partial charge in [0.05, 0.1) is 16.5 Å². The Morgan fingerprint density at radius 2 is 1.96 bits per heavy atom. The van der Waals surface area contributed by atoms with E-state index in [9.17, 15) is 9.59 Å². The summed E-state index contributed by atoms with van der Waals surface area (Å²) in [5, 5.41) is 1.09. The van der Waals surface area contributed by atoms with Gasteiger partial charge >= 0.3 is 0 Å². The minimum absolute atomic E-state index is 0.146. The lowest BCUT2D eigenvalue weighted by Crippen LogP contribution is -2.18. The van der Waals surface area contributed by atoms with E-state index < -0.39 is 11.5 Å². The summed E-state index contributed by atoms with van der Waals surface area (Å²) in [6.07, 6.45) is 0. The van der Waals surface area contributed by atoms with Crippen molar-refractivity contribution in [2.45, 2.75) is 0 Å². The van der Waals surface area contributed by atoms with E-state index in [2.05, 4.69) is 9.97 Å². The standard InChI is InChI=1S/C17H11N3O3/c18-15(21)10-5-3-6-11-14(10)17(22)20-16(19-11)13-8-9-4-1-2-7-12(9)23-13/h1-8H,(H2,18,21)(H,19,20,22). The van der Waals surface area contributed by atoms with Crippen LogP contribution < -0.4 is 11.3 Å². The summed E-state index contributed by atoms with van der Waals surface area (Å²) in [5.41, 5.74) is 6.12. The number of carbonyl (C=O) groups is 1. The Bertz CT molecular complexity index is 1090. The number of aromatic amines is 1. The van der Waals surface area contributed by atoms with Crippen LogP contribution in [0.1, 0.15) is 10.4 Å². The number of para-hydroxylation sites is 1. The van der Waals surface area contributed by atoms with Gasteiger partial charge in [-0.2, -0.15) is 0 Å². The van der Waals surface area contributed by atoms with Crippen LogP contribution in [-0.4, -0.2) is 15.9 Å². The lowest BCUT2D eigenvalue weighted by atomic mass is 10.1. The van der Waals surface area contributed by atoms with Gasteiger partial charge in [-0.15, -0.1) is 0 Å². The fraction of sp³-hybridized carbons (Fsp3) is 0. The summed E-state index contributed by atoms with van der Waals surface area (Å²) in [7, 11) is 0. The molecule has 0 fully saturated rings. The molecule has 0 aliphatic rings. The van der Waals surface area contributed by atoms with Crippen LogP contribution in [0.2, 0.25) is 0 Å². The molecule has 112 valence electrons. The third-order valence-electron chi connectivity index (χ3n) is 3.66. The first kappa shape index (κ1) is 13.3. The van der Waals surface area contributed by atoms with Gasteiger partial charge < -0.3 is 15.1 Å². The first-order chi connectivity index (χ1) is 11.1. The number of nitrogens with one attached hydrogen (secondary N) is 1. The topological polar surface area (TPSA) is 102 Å². The summed E-state index contributed by atoms with van der Waals surface area (Å²) in [4.78, 5) is 30.9. The maximum absolute atomic E-state index is 12.4. The number of hydrogen-bond acceptors (Lipinski definition) is 4. The number of furan rings is 1. The highest BCUT2D eigenvalue weighted by molar-refractivity contribution is 6.05. The zero-order chi connectivity index (χ0) is 16.0. The molecule has 0 atom stereocenters. The van der Waals surface area contributed by atoms with Gasteiger partial charge in [0.25, 0.3) is 5.56 Å². The normalized spacial score (nSPS) is 11.1. The van der Waals surface area contributed by atoms with E-state index in [-0.39, 0.29) is 10.9 Å². The molecule has 2 heterocycles. The molecule has 23 heavy (non-hydrogen) atoms. The van der Waals surface area contributed by atoms with Crippen LogP contribution in [0.25, 0.3) is 33.5 Å². The molecular weight excluding hydrogens is 294 g/mol. The highest BCUT2D eigenvalue weighted by Gasteiger charge is 2.14. The predicted octanol–water partition coefficient (Wildman–Crippen LogP) is 2.44. The molecule has 0 radical (unpaired) electrons. The molecular formula is C17H11N3O3. The van der Waals surface area contributed by atoms with E-state index in [0.29, 0.717) is 22.7 Å². The Morgan fingerprint density at radius 3 is 2.74 bits per heavy atom. The van der Waals surface area contributed by atoms with Crippen LogP contribution in [0, 0.1) is 0 Å². The van der Waals surface area contributed by atoms with Gasteiger partial charge in [-0.3, -0.25) is 9.59 Å². The zero-order valence-corrected chi connectivity index (χ0v) is 11.9. The number of primary amides is 1. The van der Waals surface area contributed by atoms with Gasteiger partial charge in [0.2, 0.25) is 5.91 Å². The number of amides is 1. The number of H-pyrrole nitrogens is 1. The van der Waals surface area contributed by atoms with Gasteiger partial charge in [0.1, 0.15) is 5.58 Å². The van der Waals surface area contributed by atoms with Crippen molar-refractivity contribution in [2.24, 2.45) is 5.73 Å². The van der Waals surface area contributed by atoms with Gasteiger partial charge in [0.15, 0.2) is 11.6 Å². The van der Waals surface area contributed by atoms with Crippen molar-refractivity contribution >= 4 is 27.8 Å². The summed E-state index contributed by atoms with van der Waals surface area (Å²) >= 11 is 0. The summed E-state index contributed by atoms with van der Waals surface area (Å²) < 4.78 is 5.71. The number of rotatable bonds is 2. The third kappa shape index (κ3) is 2.08. The number of nitrogens with zero attached hydrogens (tertiary/aromatic N) is 1. The van der Waals surface area contributed by atoms with Crippen LogP contribution in [0.15, 0.2) is 57.7 Å². The van der Waals surface area contributed by atoms with Crippen molar-refractivity contribution in [2.75, 3.05) is 0 Å². The van der Waals surface area contributed by atoms with Crippen LogP contribution in [0.3, 0.4) is 0 Å². The molecule has 0 saturated carbocycles. The van der Waals surface area contributed by atoms with Gasteiger partial charge in [-0.25, -0.2) is 4.98 Å². The molecule has 6 heteroatoms. The van der Waals surface area contributed by atoms with E-state index in [1.807, 2.05) is 24.3 Å². The average Bonchev–Trinajstić information content (AvgIpc) is 2.98. The molecule has 0 aliphatic heterocycles. The van der Waals surface area contributed by atoms with Crippen LogP contribution in [0.5, 0.6) is 0 Å². The number of fused-ring (bicyclic) bond motifs is 2. The molecule has 2 aromatic heterocycles. The summed E-state index contributed by atoms with van der Waals surface area (Å²) in [6, 6.07) is 14.1. The molecule has 0 spiro atoms. The SMILES string of the molecule is NC(=O)c1cccc2nc(-c3cc4ccccc4o3)[nH]c(=O)c12. The van der Waals surface area contributed by atoms with Crippen molar-refractivity contribution in [3.05, 3.63) is 64.4 Å². The van der Waals surface area contributed by atoms with Gasteiger partial charge in [-0.1, -0.05) is 24.3 Å². The molecule has 4 rings (SSSR count). The van der Waals surface area contributed by atoms with E-state index >= 15 is 0 Å². The second-order valence-electron chi connectivity index (χ2n) is 5.13. The highest BCUT2D eigenvalue weighted by Crippen LogP contribution is 2.25. The number of carbonyl (C=O) groups excluding carboxylic acids is 1. The lowest BCUT2D eigenvalue weighted by molar-refractivity contribution is 0.100. The molecule has 3 N–H and O–H groups in total. The van der Waals surface area contributed by atoms with E-state index in [4.69, 9.17) is 10.2 Å².